The van der Waals surface area contributed by atoms with Crippen LogP contribution in [-0.4, -0.2) is 9.29 Å². The zero-order chi connectivity index (χ0) is 11.6. The molecule has 0 heterocycles. The lowest BCUT2D eigenvalue weighted by Crippen LogP contribution is -2.01. The van der Waals surface area contributed by atoms with Gasteiger partial charge in [-0.3, -0.25) is 8.92 Å². The number of hydrogen-bond acceptors (Lipinski definition) is 2. The predicted octanol–water partition coefficient (Wildman–Crippen LogP) is 1.70. The first-order valence-electron chi connectivity index (χ1n) is 4.73. The van der Waals surface area contributed by atoms with Crippen LogP contribution < -0.4 is 10.6 Å². The maximum absolute atomic E-state index is 8.40. The summed E-state index contributed by atoms with van der Waals surface area (Å²) in [5, 5.41) is 2.79. The molecular formula is C12H11O2PSi. The predicted molar refractivity (Wildman–Crippen MR) is 67.6 cm³/mol. The molecule has 0 aromatic heterocycles. The molecule has 0 radical (unpaired) electrons. The van der Waals surface area contributed by atoms with Crippen molar-refractivity contribution in [3.63, 3.8) is 0 Å². The lowest BCUT2D eigenvalue weighted by molar-refractivity contribution is 0.497. The minimum absolute atomic E-state index is 0.777. The van der Waals surface area contributed by atoms with E-state index in [1.54, 1.807) is 0 Å². The van der Waals surface area contributed by atoms with Crippen molar-refractivity contribution in [2.45, 2.75) is 0 Å². The highest BCUT2D eigenvalue weighted by atomic mass is 31.1. The Hall–Kier alpha value is -1.31. The van der Waals surface area contributed by atoms with Crippen LogP contribution in [0, 0.1) is 0 Å². The quantitative estimate of drug-likeness (QED) is 0.597. The van der Waals surface area contributed by atoms with Crippen molar-refractivity contribution >= 4 is 28.5 Å². The number of benzene rings is 2. The Balaban J connectivity index is 0.000000386. The highest BCUT2D eigenvalue weighted by Crippen LogP contribution is 2.08. The largest absolute Gasteiger partial charge is 0.549 e. The topological polar surface area (TPSA) is 34.1 Å². The summed E-state index contributed by atoms with van der Waals surface area (Å²) < 4.78 is 16.8. The smallest absolute Gasteiger partial charge is 0.274 e. The molecule has 0 unspecified atom stereocenters. The summed E-state index contributed by atoms with van der Waals surface area (Å²) in [5.41, 5.74) is 0. The average molecular weight is 246 g/mol. The van der Waals surface area contributed by atoms with Crippen molar-refractivity contribution in [3.8, 4) is 0 Å². The van der Waals surface area contributed by atoms with E-state index in [2.05, 4.69) is 60.7 Å². The first-order chi connectivity index (χ1) is 7.86. The van der Waals surface area contributed by atoms with Gasteiger partial charge in [-0.05, 0) is 10.6 Å². The van der Waals surface area contributed by atoms with Crippen molar-refractivity contribution < 1.29 is 8.92 Å². The van der Waals surface area contributed by atoms with Gasteiger partial charge in [0.05, 0.1) is 0 Å². The van der Waals surface area contributed by atoms with Crippen molar-refractivity contribution in [1.82, 2.24) is 0 Å². The van der Waals surface area contributed by atoms with Gasteiger partial charge in [0.2, 0.25) is 0 Å². The van der Waals surface area contributed by atoms with Crippen molar-refractivity contribution in [2.75, 3.05) is 0 Å². The van der Waals surface area contributed by atoms with Gasteiger partial charge >= 0.3 is 9.29 Å². The second-order valence-electron chi connectivity index (χ2n) is 2.94. The fraction of sp³-hybridized carbons (Fsp3) is 0. The molecule has 0 amide bonds. The number of hydrogen-bond donors (Lipinski definition) is 0. The van der Waals surface area contributed by atoms with Gasteiger partial charge < -0.3 is 0 Å². The Morgan fingerprint density at radius 1 is 0.688 bits per heavy atom. The molecule has 0 aliphatic heterocycles. The zero-order valence-corrected chi connectivity index (χ0v) is 10.6. The Morgan fingerprint density at radius 2 is 1.00 bits per heavy atom. The van der Waals surface area contributed by atoms with Crippen LogP contribution in [0.1, 0.15) is 0 Å². The second kappa shape index (κ2) is 7.91. The lowest BCUT2D eigenvalue weighted by Gasteiger charge is -2.00. The summed E-state index contributed by atoms with van der Waals surface area (Å²) in [5.74, 6) is 0. The minimum Gasteiger partial charge on any atom is -0.274 e. The zero-order valence-electron chi connectivity index (χ0n) is 8.59. The normalized spacial score (nSPS) is 8.50. The molecule has 0 bridgehead atoms. The molecular weight excluding hydrogens is 235 g/mol. The third kappa shape index (κ3) is 4.96. The Morgan fingerprint density at radius 3 is 1.31 bits per heavy atom. The molecule has 0 N–H and O–H groups in total. The lowest BCUT2D eigenvalue weighted by atomic mass is 10.4. The molecule has 4 heteroatoms. The molecule has 0 saturated heterocycles. The standard InChI is InChI=1S/C12H11P.O2Si/c1-3-7-11(8-4-1)13-12-9-5-2-6-10-12;1-3-2/h1-10,13H;. The molecule has 0 atom stereocenters. The summed E-state index contributed by atoms with van der Waals surface area (Å²) in [6.07, 6.45) is 0. The first-order valence-corrected chi connectivity index (χ1v) is 6.55. The molecule has 2 aromatic carbocycles. The monoisotopic (exact) mass is 246 g/mol. The third-order valence-electron chi connectivity index (χ3n) is 1.84. The van der Waals surface area contributed by atoms with E-state index in [1.165, 1.54) is 10.6 Å². The second-order valence-corrected chi connectivity index (χ2v) is 4.51. The first kappa shape index (κ1) is 12.8. The van der Waals surface area contributed by atoms with Crippen LogP contribution in [-0.2, 0) is 8.92 Å². The third-order valence-corrected chi connectivity index (χ3v) is 3.08. The summed E-state index contributed by atoms with van der Waals surface area (Å²) in [6.45, 7) is 0. The van der Waals surface area contributed by atoms with Gasteiger partial charge in [-0.15, -0.1) is 0 Å². The van der Waals surface area contributed by atoms with E-state index in [9.17, 15) is 0 Å². The van der Waals surface area contributed by atoms with Crippen molar-refractivity contribution in [1.29, 1.82) is 0 Å². The molecule has 80 valence electrons. The molecule has 0 fully saturated rings. The van der Waals surface area contributed by atoms with E-state index in [0.717, 1.165) is 8.58 Å². The molecule has 2 aromatic rings. The van der Waals surface area contributed by atoms with E-state index in [0.29, 0.717) is 0 Å². The van der Waals surface area contributed by atoms with Crippen molar-refractivity contribution in [2.24, 2.45) is 0 Å². The molecule has 0 aliphatic carbocycles. The summed E-state index contributed by atoms with van der Waals surface area (Å²) in [4.78, 5) is 0. The Bertz CT molecular complexity index is 402. The van der Waals surface area contributed by atoms with E-state index in [1.807, 2.05) is 0 Å². The van der Waals surface area contributed by atoms with Gasteiger partial charge in [-0.2, -0.15) is 0 Å². The van der Waals surface area contributed by atoms with Gasteiger partial charge in [0.15, 0.2) is 0 Å². The fourth-order valence-electron chi connectivity index (χ4n) is 1.21. The van der Waals surface area contributed by atoms with E-state index < -0.39 is 9.29 Å². The summed E-state index contributed by atoms with van der Waals surface area (Å²) in [7, 11) is -0.640. The molecule has 0 spiro atoms. The van der Waals surface area contributed by atoms with Crippen LogP contribution in [0.4, 0.5) is 0 Å². The van der Waals surface area contributed by atoms with E-state index in [4.69, 9.17) is 8.92 Å². The SMILES string of the molecule is O=[Si]=O.c1ccc(Pc2ccccc2)cc1. The number of rotatable bonds is 2. The van der Waals surface area contributed by atoms with Crippen molar-refractivity contribution in [3.05, 3.63) is 60.7 Å². The summed E-state index contributed by atoms with van der Waals surface area (Å²) in [6, 6.07) is 21.2. The maximum atomic E-state index is 8.40. The molecule has 0 saturated carbocycles. The van der Waals surface area contributed by atoms with Gasteiger partial charge in [-0.25, -0.2) is 0 Å². The van der Waals surface area contributed by atoms with E-state index in [-0.39, 0.29) is 0 Å². The van der Waals surface area contributed by atoms with Crippen LogP contribution in [0.25, 0.3) is 0 Å². The van der Waals surface area contributed by atoms with E-state index >= 15 is 0 Å². The molecule has 2 nitrogen and oxygen atoms in total. The van der Waals surface area contributed by atoms with Gasteiger partial charge in [-0.1, -0.05) is 69.2 Å². The van der Waals surface area contributed by atoms with Crippen LogP contribution in [0.3, 0.4) is 0 Å². The molecule has 2 rings (SSSR count). The van der Waals surface area contributed by atoms with Crippen LogP contribution in [0.2, 0.25) is 0 Å². The molecule has 16 heavy (non-hydrogen) atoms. The van der Waals surface area contributed by atoms with Crippen LogP contribution in [0.5, 0.6) is 0 Å². The van der Waals surface area contributed by atoms with Gasteiger partial charge in [0.25, 0.3) is 0 Å². The fourth-order valence-corrected chi connectivity index (χ4v) is 2.26. The van der Waals surface area contributed by atoms with Gasteiger partial charge in [0.1, 0.15) is 0 Å². The van der Waals surface area contributed by atoms with Gasteiger partial charge in [0, 0.05) is 0 Å². The summed E-state index contributed by atoms with van der Waals surface area (Å²) >= 11 is 0. The maximum Gasteiger partial charge on any atom is 0.549 e. The minimum atomic E-state index is -1.42. The average Bonchev–Trinajstić information content (AvgIpc) is 2.33. The van der Waals surface area contributed by atoms with Crippen LogP contribution >= 0.6 is 8.58 Å². The highest BCUT2D eigenvalue weighted by molar-refractivity contribution is 7.55. The Kier molecular flexibility index (Phi) is 6.31. The Labute approximate surface area is 98.4 Å². The van der Waals surface area contributed by atoms with Crippen LogP contribution in [0.15, 0.2) is 60.7 Å². The highest BCUT2D eigenvalue weighted by Gasteiger charge is 1.92. The molecule has 0 aliphatic rings.